The van der Waals surface area contributed by atoms with Gasteiger partial charge in [-0.05, 0) is 32.6 Å². The normalized spacial score (nSPS) is 20.4. The van der Waals surface area contributed by atoms with Crippen LogP contribution in [-0.4, -0.2) is 59.5 Å². The zero-order valence-electron chi connectivity index (χ0n) is 18.1. The molecule has 6 nitrogen and oxygen atoms in total. The van der Waals surface area contributed by atoms with E-state index in [-0.39, 0.29) is 11.9 Å². The standard InChI is InChI=1S/C22H37N5O/c1-16(2)21-24-17(3)14-20(25-21)27-12-10-26(11-13-27)18(4)22(28)23-15-19-8-6-5-7-9-19/h14,16,18-19H,5-13,15H2,1-4H3,(H,23,28). The molecular weight excluding hydrogens is 350 g/mol. The molecule has 1 aromatic rings. The molecule has 6 heteroatoms. The lowest BCUT2D eigenvalue weighted by atomic mass is 9.89. The van der Waals surface area contributed by atoms with Crippen molar-refractivity contribution in [2.75, 3.05) is 37.6 Å². The maximum Gasteiger partial charge on any atom is 0.237 e. The summed E-state index contributed by atoms with van der Waals surface area (Å²) < 4.78 is 0. The lowest BCUT2D eigenvalue weighted by Gasteiger charge is -2.38. The number of aromatic nitrogens is 2. The molecule has 1 N–H and O–H groups in total. The highest BCUT2D eigenvalue weighted by atomic mass is 16.2. The van der Waals surface area contributed by atoms with Gasteiger partial charge in [0.1, 0.15) is 11.6 Å². The van der Waals surface area contributed by atoms with Crippen LogP contribution in [0.4, 0.5) is 5.82 Å². The van der Waals surface area contributed by atoms with Crippen molar-refractivity contribution in [3.8, 4) is 0 Å². The van der Waals surface area contributed by atoms with E-state index < -0.39 is 0 Å². The van der Waals surface area contributed by atoms with Crippen molar-refractivity contribution in [1.29, 1.82) is 0 Å². The molecule has 2 aliphatic rings. The number of rotatable bonds is 6. The Morgan fingerprint density at radius 2 is 1.79 bits per heavy atom. The summed E-state index contributed by atoms with van der Waals surface area (Å²) >= 11 is 0. The van der Waals surface area contributed by atoms with Gasteiger partial charge in [0.15, 0.2) is 0 Å². The number of carbonyl (C=O) groups is 1. The Balaban J connectivity index is 1.49. The molecule has 0 spiro atoms. The molecule has 1 aromatic heterocycles. The van der Waals surface area contributed by atoms with Gasteiger partial charge in [0.05, 0.1) is 6.04 Å². The van der Waals surface area contributed by atoms with E-state index in [1.807, 2.05) is 13.8 Å². The van der Waals surface area contributed by atoms with Crippen LogP contribution in [0.5, 0.6) is 0 Å². The van der Waals surface area contributed by atoms with Crippen molar-refractivity contribution in [3.05, 3.63) is 17.6 Å². The minimum Gasteiger partial charge on any atom is -0.354 e. The molecule has 1 saturated heterocycles. The van der Waals surface area contributed by atoms with Gasteiger partial charge in [-0.15, -0.1) is 0 Å². The summed E-state index contributed by atoms with van der Waals surface area (Å²) in [6.45, 7) is 12.7. The molecule has 1 saturated carbocycles. The minimum absolute atomic E-state index is 0.0656. The van der Waals surface area contributed by atoms with E-state index in [9.17, 15) is 4.79 Å². The fourth-order valence-electron chi connectivity index (χ4n) is 4.28. The lowest BCUT2D eigenvalue weighted by Crippen LogP contribution is -2.54. The molecule has 3 rings (SSSR count). The predicted molar refractivity (Wildman–Crippen MR) is 114 cm³/mol. The maximum absolute atomic E-state index is 12.6. The van der Waals surface area contributed by atoms with Crippen molar-refractivity contribution in [2.24, 2.45) is 5.92 Å². The third-order valence-electron chi connectivity index (χ3n) is 6.23. The monoisotopic (exact) mass is 387 g/mol. The number of aryl methyl sites for hydroxylation is 1. The molecule has 0 aromatic carbocycles. The number of amides is 1. The predicted octanol–water partition coefficient (Wildman–Crippen LogP) is 3.12. The quantitative estimate of drug-likeness (QED) is 0.813. The number of hydrogen-bond donors (Lipinski definition) is 1. The highest BCUT2D eigenvalue weighted by molar-refractivity contribution is 5.81. The Bertz CT molecular complexity index is 648. The zero-order chi connectivity index (χ0) is 20.1. The third-order valence-corrected chi connectivity index (χ3v) is 6.23. The van der Waals surface area contributed by atoms with Gasteiger partial charge in [0.25, 0.3) is 0 Å². The molecular formula is C22H37N5O. The van der Waals surface area contributed by atoms with Crippen LogP contribution in [0, 0.1) is 12.8 Å². The first-order chi connectivity index (χ1) is 13.4. The van der Waals surface area contributed by atoms with Gasteiger partial charge in [-0.25, -0.2) is 9.97 Å². The van der Waals surface area contributed by atoms with Crippen LogP contribution in [0.15, 0.2) is 6.07 Å². The average molecular weight is 388 g/mol. The smallest absolute Gasteiger partial charge is 0.237 e. The zero-order valence-corrected chi connectivity index (χ0v) is 18.1. The topological polar surface area (TPSA) is 61.4 Å². The number of nitrogens with zero attached hydrogens (tertiary/aromatic N) is 4. The van der Waals surface area contributed by atoms with Gasteiger partial charge in [0.2, 0.25) is 5.91 Å². The average Bonchev–Trinajstić information content (AvgIpc) is 2.72. The van der Waals surface area contributed by atoms with Gasteiger partial charge in [-0.2, -0.15) is 0 Å². The van der Waals surface area contributed by atoms with Crippen LogP contribution in [0.1, 0.15) is 70.3 Å². The van der Waals surface area contributed by atoms with Crippen LogP contribution in [0.2, 0.25) is 0 Å². The highest BCUT2D eigenvalue weighted by Crippen LogP contribution is 2.23. The molecule has 2 heterocycles. The van der Waals surface area contributed by atoms with E-state index in [2.05, 4.69) is 40.0 Å². The molecule has 1 unspecified atom stereocenters. The Labute approximate surface area is 170 Å². The first kappa shape index (κ1) is 21.0. The van der Waals surface area contributed by atoms with Gasteiger partial charge < -0.3 is 10.2 Å². The summed E-state index contributed by atoms with van der Waals surface area (Å²) in [5, 5.41) is 3.20. The first-order valence-electron chi connectivity index (χ1n) is 11.1. The lowest BCUT2D eigenvalue weighted by molar-refractivity contribution is -0.126. The Morgan fingerprint density at radius 3 is 2.43 bits per heavy atom. The van der Waals surface area contributed by atoms with Crippen molar-refractivity contribution in [1.82, 2.24) is 20.2 Å². The van der Waals surface area contributed by atoms with E-state index in [0.717, 1.165) is 50.1 Å². The largest absolute Gasteiger partial charge is 0.354 e. The summed E-state index contributed by atoms with van der Waals surface area (Å²) in [5.74, 6) is 3.11. The molecule has 2 fully saturated rings. The molecule has 1 amide bonds. The Kier molecular flexibility index (Phi) is 7.27. The van der Waals surface area contributed by atoms with E-state index in [1.165, 1.54) is 32.1 Å². The molecule has 28 heavy (non-hydrogen) atoms. The van der Waals surface area contributed by atoms with Crippen molar-refractivity contribution in [2.45, 2.75) is 71.8 Å². The molecule has 156 valence electrons. The molecule has 1 aliphatic heterocycles. The summed E-state index contributed by atoms with van der Waals surface area (Å²) in [5.41, 5.74) is 1.02. The first-order valence-corrected chi connectivity index (χ1v) is 11.1. The van der Waals surface area contributed by atoms with Crippen LogP contribution < -0.4 is 10.2 Å². The number of anilines is 1. The van der Waals surface area contributed by atoms with Gasteiger partial charge in [-0.1, -0.05) is 33.1 Å². The van der Waals surface area contributed by atoms with Crippen molar-refractivity contribution in [3.63, 3.8) is 0 Å². The van der Waals surface area contributed by atoms with Crippen LogP contribution in [0.3, 0.4) is 0 Å². The summed E-state index contributed by atoms with van der Waals surface area (Å²) in [7, 11) is 0. The van der Waals surface area contributed by atoms with E-state index in [4.69, 9.17) is 4.98 Å². The van der Waals surface area contributed by atoms with Crippen molar-refractivity contribution >= 4 is 11.7 Å². The summed E-state index contributed by atoms with van der Waals surface area (Å²) in [6.07, 6.45) is 6.53. The minimum atomic E-state index is -0.0656. The second kappa shape index (κ2) is 9.68. The Morgan fingerprint density at radius 1 is 1.11 bits per heavy atom. The number of carbonyl (C=O) groups excluding carboxylic acids is 1. The van der Waals surface area contributed by atoms with Crippen LogP contribution in [-0.2, 0) is 4.79 Å². The molecule has 1 aliphatic carbocycles. The molecule has 0 bridgehead atoms. The molecule has 1 atom stereocenters. The third kappa shape index (κ3) is 5.43. The Hall–Kier alpha value is -1.69. The number of hydrogen-bond acceptors (Lipinski definition) is 5. The second-order valence-corrected chi connectivity index (χ2v) is 8.83. The van der Waals surface area contributed by atoms with Gasteiger partial charge in [0, 0.05) is 50.4 Å². The van der Waals surface area contributed by atoms with E-state index in [0.29, 0.717) is 11.8 Å². The van der Waals surface area contributed by atoms with Crippen LogP contribution in [0.25, 0.3) is 0 Å². The fourth-order valence-corrected chi connectivity index (χ4v) is 4.28. The fraction of sp³-hybridized carbons (Fsp3) is 0.773. The van der Waals surface area contributed by atoms with E-state index >= 15 is 0 Å². The van der Waals surface area contributed by atoms with Gasteiger partial charge in [-0.3, -0.25) is 9.69 Å². The van der Waals surface area contributed by atoms with Crippen molar-refractivity contribution < 1.29 is 4.79 Å². The van der Waals surface area contributed by atoms with Gasteiger partial charge >= 0.3 is 0 Å². The second-order valence-electron chi connectivity index (χ2n) is 8.83. The summed E-state index contributed by atoms with van der Waals surface area (Å²) in [4.78, 5) is 26.5. The summed E-state index contributed by atoms with van der Waals surface area (Å²) in [6, 6.07) is 2.01. The maximum atomic E-state index is 12.6. The highest BCUT2D eigenvalue weighted by Gasteiger charge is 2.27. The molecule has 0 radical (unpaired) electrons. The number of nitrogens with one attached hydrogen (secondary N) is 1. The van der Waals surface area contributed by atoms with Crippen LogP contribution >= 0.6 is 0 Å². The number of piperazine rings is 1. The SMILES string of the molecule is Cc1cc(N2CCN(C(C)C(=O)NCC3CCCCC3)CC2)nc(C(C)C)n1. The van der Waals surface area contributed by atoms with E-state index in [1.54, 1.807) is 0 Å².